The van der Waals surface area contributed by atoms with Crippen molar-refractivity contribution in [3.8, 4) is 0 Å². The lowest BCUT2D eigenvalue weighted by atomic mass is 10.2. The highest BCUT2D eigenvalue weighted by molar-refractivity contribution is 5.85. The van der Waals surface area contributed by atoms with Crippen LogP contribution in [0.3, 0.4) is 0 Å². The zero-order valence-corrected chi connectivity index (χ0v) is 13.3. The van der Waals surface area contributed by atoms with Crippen LogP contribution in [-0.4, -0.2) is 40.7 Å². The van der Waals surface area contributed by atoms with E-state index in [1.165, 1.54) is 6.07 Å². The topological polar surface area (TPSA) is 40.6 Å². The SMILES string of the molecule is O=C1CCCCCN1CC(=O)N(Cc1ccccc1F)C1CC1. The molecule has 0 atom stereocenters. The lowest BCUT2D eigenvalue weighted by Gasteiger charge is -2.27. The molecular formula is C18H23FN2O2. The van der Waals surface area contributed by atoms with Crippen molar-refractivity contribution < 1.29 is 14.0 Å². The van der Waals surface area contributed by atoms with Crippen molar-refractivity contribution in [2.75, 3.05) is 13.1 Å². The molecule has 4 nitrogen and oxygen atoms in total. The number of nitrogens with zero attached hydrogens (tertiary/aromatic N) is 2. The Kier molecular flexibility index (Phi) is 4.94. The van der Waals surface area contributed by atoms with E-state index < -0.39 is 0 Å². The molecule has 1 saturated heterocycles. The van der Waals surface area contributed by atoms with Crippen LogP contribution in [0.2, 0.25) is 0 Å². The Balaban J connectivity index is 1.67. The predicted octanol–water partition coefficient (Wildman–Crippen LogP) is 2.72. The third-order valence-corrected chi connectivity index (χ3v) is 4.60. The first-order valence-corrected chi connectivity index (χ1v) is 8.46. The first-order chi connectivity index (χ1) is 11.1. The summed E-state index contributed by atoms with van der Waals surface area (Å²) in [7, 11) is 0. The van der Waals surface area contributed by atoms with Gasteiger partial charge in [0.2, 0.25) is 11.8 Å². The molecule has 5 heteroatoms. The summed E-state index contributed by atoms with van der Waals surface area (Å²) in [4.78, 5) is 28.2. The summed E-state index contributed by atoms with van der Waals surface area (Å²) in [5, 5.41) is 0. The second-order valence-electron chi connectivity index (χ2n) is 6.47. The Morgan fingerprint density at radius 2 is 2.00 bits per heavy atom. The Hall–Kier alpha value is -1.91. The molecule has 0 bridgehead atoms. The Morgan fingerprint density at radius 1 is 1.22 bits per heavy atom. The fourth-order valence-electron chi connectivity index (χ4n) is 3.08. The van der Waals surface area contributed by atoms with E-state index in [9.17, 15) is 14.0 Å². The van der Waals surface area contributed by atoms with Crippen LogP contribution in [0.4, 0.5) is 4.39 Å². The van der Waals surface area contributed by atoms with Crippen molar-refractivity contribution >= 4 is 11.8 Å². The number of rotatable bonds is 5. The summed E-state index contributed by atoms with van der Waals surface area (Å²) >= 11 is 0. The third kappa shape index (κ3) is 4.09. The predicted molar refractivity (Wildman–Crippen MR) is 85.0 cm³/mol. The van der Waals surface area contributed by atoms with Crippen LogP contribution in [0.1, 0.15) is 44.1 Å². The second kappa shape index (κ2) is 7.11. The fraction of sp³-hybridized carbons (Fsp3) is 0.556. The molecule has 2 amide bonds. The summed E-state index contributed by atoms with van der Waals surface area (Å²) in [6, 6.07) is 6.77. The summed E-state index contributed by atoms with van der Waals surface area (Å²) in [5.41, 5.74) is 0.537. The summed E-state index contributed by atoms with van der Waals surface area (Å²) in [6.45, 7) is 1.07. The van der Waals surface area contributed by atoms with Crippen molar-refractivity contribution in [3.05, 3.63) is 35.6 Å². The maximum absolute atomic E-state index is 13.9. The van der Waals surface area contributed by atoms with Crippen LogP contribution in [0.5, 0.6) is 0 Å². The highest BCUT2D eigenvalue weighted by Gasteiger charge is 2.34. The van der Waals surface area contributed by atoms with Crippen molar-refractivity contribution in [3.63, 3.8) is 0 Å². The molecule has 1 saturated carbocycles. The average Bonchev–Trinajstić information content (AvgIpc) is 3.37. The van der Waals surface area contributed by atoms with Gasteiger partial charge in [-0.05, 0) is 31.7 Å². The largest absolute Gasteiger partial charge is 0.334 e. The summed E-state index contributed by atoms with van der Waals surface area (Å²) in [6.07, 6.45) is 5.37. The Bertz CT molecular complexity index is 586. The monoisotopic (exact) mass is 318 g/mol. The minimum atomic E-state index is -0.281. The van der Waals surface area contributed by atoms with Crippen LogP contribution < -0.4 is 0 Å². The van der Waals surface area contributed by atoms with E-state index in [-0.39, 0.29) is 36.8 Å². The van der Waals surface area contributed by atoms with Crippen molar-refractivity contribution in [2.24, 2.45) is 0 Å². The number of amides is 2. The van der Waals surface area contributed by atoms with E-state index in [0.29, 0.717) is 18.5 Å². The number of halogens is 1. The minimum absolute atomic E-state index is 0.0639. The van der Waals surface area contributed by atoms with Crippen LogP contribution in [0.25, 0.3) is 0 Å². The normalized spacial score (nSPS) is 18.7. The van der Waals surface area contributed by atoms with Crippen LogP contribution in [-0.2, 0) is 16.1 Å². The molecule has 1 aliphatic carbocycles. The van der Waals surface area contributed by atoms with Crippen molar-refractivity contribution in [1.82, 2.24) is 9.80 Å². The Labute approximate surface area is 136 Å². The minimum Gasteiger partial charge on any atom is -0.334 e. The molecule has 1 aromatic carbocycles. The second-order valence-corrected chi connectivity index (χ2v) is 6.47. The van der Waals surface area contributed by atoms with E-state index in [0.717, 1.165) is 32.1 Å². The van der Waals surface area contributed by atoms with Gasteiger partial charge in [-0.15, -0.1) is 0 Å². The summed E-state index contributed by atoms with van der Waals surface area (Å²) < 4.78 is 13.9. The van der Waals surface area contributed by atoms with Gasteiger partial charge in [0.1, 0.15) is 5.82 Å². The van der Waals surface area contributed by atoms with Crippen LogP contribution >= 0.6 is 0 Å². The van der Waals surface area contributed by atoms with Gasteiger partial charge in [-0.1, -0.05) is 24.6 Å². The standard InChI is InChI=1S/C18H23FN2O2/c19-16-7-4-3-6-14(16)12-21(15-9-10-15)18(23)13-20-11-5-1-2-8-17(20)22/h3-4,6-7,15H,1-2,5,8-13H2. The molecular weight excluding hydrogens is 295 g/mol. The molecule has 124 valence electrons. The third-order valence-electron chi connectivity index (χ3n) is 4.60. The molecule has 0 aromatic heterocycles. The quantitative estimate of drug-likeness (QED) is 0.837. The van der Waals surface area contributed by atoms with Crippen LogP contribution in [0.15, 0.2) is 24.3 Å². The molecule has 0 radical (unpaired) electrons. The molecule has 3 rings (SSSR count). The number of benzene rings is 1. The number of carbonyl (C=O) groups excluding carboxylic acids is 2. The first-order valence-electron chi connectivity index (χ1n) is 8.46. The van der Waals surface area contributed by atoms with Crippen molar-refractivity contribution in [1.29, 1.82) is 0 Å². The molecule has 1 heterocycles. The molecule has 2 aliphatic rings. The zero-order chi connectivity index (χ0) is 16.2. The maximum Gasteiger partial charge on any atom is 0.242 e. The van der Waals surface area contributed by atoms with E-state index in [1.807, 2.05) is 0 Å². The first kappa shape index (κ1) is 16.0. The fourth-order valence-corrected chi connectivity index (χ4v) is 3.08. The molecule has 0 spiro atoms. The molecule has 0 unspecified atom stereocenters. The van der Waals surface area contributed by atoms with Gasteiger partial charge in [-0.3, -0.25) is 9.59 Å². The number of hydrogen-bond donors (Lipinski definition) is 0. The molecule has 1 aromatic rings. The van der Waals surface area contributed by atoms with E-state index in [2.05, 4.69) is 0 Å². The van der Waals surface area contributed by atoms with Crippen molar-refractivity contribution in [2.45, 2.75) is 51.1 Å². The smallest absolute Gasteiger partial charge is 0.242 e. The summed E-state index contributed by atoms with van der Waals surface area (Å²) in [5.74, 6) is -0.278. The van der Waals surface area contributed by atoms with Gasteiger partial charge >= 0.3 is 0 Å². The van der Waals surface area contributed by atoms with Gasteiger partial charge in [0.05, 0.1) is 6.54 Å². The molecule has 1 aliphatic heterocycles. The van der Waals surface area contributed by atoms with E-state index in [1.54, 1.807) is 28.0 Å². The molecule has 23 heavy (non-hydrogen) atoms. The lowest BCUT2D eigenvalue weighted by molar-refractivity contribution is -0.141. The molecule has 0 N–H and O–H groups in total. The van der Waals surface area contributed by atoms with Gasteiger partial charge in [0, 0.05) is 31.1 Å². The van der Waals surface area contributed by atoms with Gasteiger partial charge in [0.25, 0.3) is 0 Å². The van der Waals surface area contributed by atoms with Gasteiger partial charge in [-0.2, -0.15) is 0 Å². The number of hydrogen-bond acceptors (Lipinski definition) is 2. The zero-order valence-electron chi connectivity index (χ0n) is 13.3. The van der Waals surface area contributed by atoms with Gasteiger partial charge < -0.3 is 9.80 Å². The molecule has 2 fully saturated rings. The van der Waals surface area contributed by atoms with Gasteiger partial charge in [-0.25, -0.2) is 4.39 Å². The highest BCUT2D eigenvalue weighted by atomic mass is 19.1. The number of likely N-dealkylation sites (tertiary alicyclic amines) is 1. The Morgan fingerprint density at radius 3 is 2.74 bits per heavy atom. The van der Waals surface area contributed by atoms with E-state index >= 15 is 0 Å². The average molecular weight is 318 g/mol. The highest BCUT2D eigenvalue weighted by Crippen LogP contribution is 2.29. The van der Waals surface area contributed by atoms with E-state index in [4.69, 9.17) is 0 Å². The number of carbonyl (C=O) groups is 2. The van der Waals surface area contributed by atoms with Crippen LogP contribution in [0, 0.1) is 5.82 Å². The lowest BCUT2D eigenvalue weighted by Crippen LogP contribution is -2.43. The maximum atomic E-state index is 13.9. The van der Waals surface area contributed by atoms with Gasteiger partial charge in [0.15, 0.2) is 0 Å².